The van der Waals surface area contributed by atoms with Crippen LogP contribution in [0.3, 0.4) is 0 Å². The van der Waals surface area contributed by atoms with E-state index >= 15 is 0 Å². The molecule has 0 amide bonds. The highest BCUT2D eigenvalue weighted by Crippen LogP contribution is 2.29. The minimum absolute atomic E-state index is 0.240. The van der Waals surface area contributed by atoms with Gasteiger partial charge in [-0.3, -0.25) is 0 Å². The fourth-order valence-corrected chi connectivity index (χ4v) is 1.80. The Kier molecular flexibility index (Phi) is 3.29. The van der Waals surface area contributed by atoms with E-state index in [1.54, 1.807) is 12.5 Å². The summed E-state index contributed by atoms with van der Waals surface area (Å²) in [4.78, 5) is 0. The van der Waals surface area contributed by atoms with Crippen LogP contribution in [0.15, 0.2) is 72.1 Å². The molecule has 0 saturated carbocycles. The summed E-state index contributed by atoms with van der Waals surface area (Å²) in [5, 5.41) is 0. The van der Waals surface area contributed by atoms with Crippen molar-refractivity contribution in [1.29, 1.82) is 0 Å². The topological polar surface area (TPSA) is 0 Å². The molecule has 0 heterocycles. The second-order valence-corrected chi connectivity index (χ2v) is 3.85. The van der Waals surface area contributed by atoms with Crippen LogP contribution in [0, 0.1) is 13.3 Å². The second kappa shape index (κ2) is 4.88. The minimum Gasteiger partial charge on any atom is -0.147 e. The molecule has 83 valence electrons. The van der Waals surface area contributed by atoms with Crippen LogP contribution in [0.5, 0.6) is 0 Å². The van der Waals surface area contributed by atoms with Crippen molar-refractivity contribution in [3.05, 3.63) is 91.0 Å². The van der Waals surface area contributed by atoms with Crippen LogP contribution in [0.4, 0.5) is 4.39 Å². The van der Waals surface area contributed by atoms with Crippen molar-refractivity contribution in [2.75, 3.05) is 0 Å². The number of benzene rings is 1. The zero-order chi connectivity index (χ0) is 12.3. The van der Waals surface area contributed by atoms with Crippen molar-refractivity contribution >= 4 is 5.57 Å². The molecule has 0 unspecified atom stereocenters. The van der Waals surface area contributed by atoms with Crippen LogP contribution in [0.1, 0.15) is 5.56 Å². The molecule has 0 bridgehead atoms. The van der Waals surface area contributed by atoms with E-state index in [-0.39, 0.29) is 5.83 Å². The highest BCUT2D eigenvalue weighted by Gasteiger charge is 2.17. The van der Waals surface area contributed by atoms with Gasteiger partial charge in [-0.25, -0.2) is 0 Å². The van der Waals surface area contributed by atoms with Crippen molar-refractivity contribution in [3.63, 3.8) is 0 Å². The van der Waals surface area contributed by atoms with E-state index in [2.05, 4.69) is 13.5 Å². The number of allylic oxidation sites excluding steroid dienone is 7. The lowest BCUT2D eigenvalue weighted by atomic mass is 9.91. The molecule has 1 aromatic rings. The van der Waals surface area contributed by atoms with Gasteiger partial charge in [0.05, 0.1) is 17.7 Å². The smallest absolute Gasteiger partial charge is 0.147 e. The predicted octanol–water partition coefficient (Wildman–Crippen LogP) is 4.46. The summed E-state index contributed by atoms with van der Waals surface area (Å²) in [6.45, 7) is 7.78. The molecular weight excluding hydrogens is 211 g/mol. The van der Waals surface area contributed by atoms with E-state index in [0.29, 0.717) is 0 Å². The molecule has 2 rings (SSSR count). The fourth-order valence-electron chi connectivity index (χ4n) is 1.80. The summed E-state index contributed by atoms with van der Waals surface area (Å²) in [6.07, 6.45) is 6.38. The van der Waals surface area contributed by atoms with Gasteiger partial charge < -0.3 is 0 Å². The average molecular weight is 224 g/mol. The maximum Gasteiger partial charge on any atom is 0.204 e. The first kappa shape index (κ1) is 11.5. The van der Waals surface area contributed by atoms with Gasteiger partial charge in [0.25, 0.3) is 0 Å². The SMILES string of the molecule is [CH2]C(=C)/C(=C1/C=CC(F)=C[CH+]1)c1ccccc1. The van der Waals surface area contributed by atoms with Crippen LogP contribution in [-0.2, 0) is 0 Å². The van der Waals surface area contributed by atoms with Gasteiger partial charge in [-0.2, -0.15) is 0 Å². The Hall–Kier alpha value is -2.02. The molecule has 1 radical (unpaired) electrons. The maximum absolute atomic E-state index is 12.9. The Morgan fingerprint density at radius 2 is 1.82 bits per heavy atom. The van der Waals surface area contributed by atoms with Gasteiger partial charge in [-0.15, -0.1) is 4.39 Å². The first-order valence-electron chi connectivity index (χ1n) is 5.38. The van der Waals surface area contributed by atoms with Crippen LogP contribution in [0.25, 0.3) is 5.57 Å². The molecular formula is C16H13F+. The molecule has 0 atom stereocenters. The Morgan fingerprint density at radius 3 is 2.35 bits per heavy atom. The third-order valence-electron chi connectivity index (χ3n) is 2.55. The van der Waals surface area contributed by atoms with Gasteiger partial charge in [0, 0.05) is 18.1 Å². The zero-order valence-corrected chi connectivity index (χ0v) is 9.49. The third-order valence-corrected chi connectivity index (χ3v) is 2.55. The summed E-state index contributed by atoms with van der Waals surface area (Å²) in [5.41, 5.74) is 3.64. The molecule has 1 aliphatic carbocycles. The highest BCUT2D eigenvalue weighted by atomic mass is 19.1. The molecule has 0 fully saturated rings. The largest absolute Gasteiger partial charge is 0.204 e. The lowest BCUT2D eigenvalue weighted by molar-refractivity contribution is 0.664. The molecule has 0 aromatic heterocycles. The molecule has 0 spiro atoms. The standard InChI is InChI=1S/C16H13F/c1-12(2)16(13-6-4-3-5-7-13)14-8-10-15(17)11-9-14/h3-11H,1-2H2/q+1. The summed E-state index contributed by atoms with van der Waals surface area (Å²) in [7, 11) is 0. The zero-order valence-electron chi connectivity index (χ0n) is 9.49. The molecule has 1 aliphatic rings. The van der Waals surface area contributed by atoms with Crippen LogP contribution in [0.2, 0.25) is 0 Å². The maximum atomic E-state index is 12.9. The number of halogens is 1. The Morgan fingerprint density at radius 1 is 1.12 bits per heavy atom. The van der Waals surface area contributed by atoms with Gasteiger partial charge in [0.2, 0.25) is 5.83 Å². The molecule has 0 aliphatic heterocycles. The van der Waals surface area contributed by atoms with Gasteiger partial charge in [-0.05, 0) is 24.6 Å². The molecule has 0 saturated heterocycles. The van der Waals surface area contributed by atoms with Crippen molar-refractivity contribution in [2.24, 2.45) is 0 Å². The van der Waals surface area contributed by atoms with E-state index in [4.69, 9.17) is 0 Å². The Bertz CT molecular complexity index is 516. The summed E-state index contributed by atoms with van der Waals surface area (Å²) in [6, 6.07) is 9.87. The Labute approximate surface area is 101 Å². The number of rotatable bonds is 2. The van der Waals surface area contributed by atoms with E-state index in [9.17, 15) is 4.39 Å². The quantitative estimate of drug-likeness (QED) is 0.651. The minimum atomic E-state index is -0.240. The normalized spacial score (nSPS) is 17.2. The molecule has 1 heteroatoms. The molecule has 17 heavy (non-hydrogen) atoms. The van der Waals surface area contributed by atoms with Crippen molar-refractivity contribution in [2.45, 2.75) is 0 Å². The van der Waals surface area contributed by atoms with E-state index in [1.165, 1.54) is 12.2 Å². The number of hydrogen-bond donors (Lipinski definition) is 0. The van der Waals surface area contributed by atoms with Gasteiger partial charge in [0.1, 0.15) is 5.57 Å². The molecule has 1 aromatic carbocycles. The van der Waals surface area contributed by atoms with Gasteiger partial charge in [-0.1, -0.05) is 24.8 Å². The van der Waals surface area contributed by atoms with Crippen molar-refractivity contribution in [3.8, 4) is 0 Å². The van der Waals surface area contributed by atoms with E-state index in [0.717, 1.165) is 22.3 Å². The van der Waals surface area contributed by atoms with E-state index < -0.39 is 0 Å². The first-order chi connectivity index (χ1) is 8.18. The summed E-state index contributed by atoms with van der Waals surface area (Å²) < 4.78 is 12.9. The summed E-state index contributed by atoms with van der Waals surface area (Å²) >= 11 is 0. The highest BCUT2D eigenvalue weighted by molar-refractivity contribution is 5.85. The van der Waals surface area contributed by atoms with Crippen LogP contribution >= 0.6 is 0 Å². The lowest BCUT2D eigenvalue weighted by Gasteiger charge is -2.07. The molecule has 0 N–H and O–H groups in total. The van der Waals surface area contributed by atoms with Gasteiger partial charge in [0.15, 0.2) is 0 Å². The summed E-state index contributed by atoms with van der Waals surface area (Å²) in [5.74, 6) is -0.240. The molecule has 0 nitrogen and oxygen atoms in total. The van der Waals surface area contributed by atoms with Gasteiger partial charge >= 0.3 is 0 Å². The number of hydrogen-bond acceptors (Lipinski definition) is 0. The monoisotopic (exact) mass is 224 g/mol. The van der Waals surface area contributed by atoms with Crippen molar-refractivity contribution < 1.29 is 4.39 Å². The van der Waals surface area contributed by atoms with Crippen LogP contribution in [-0.4, -0.2) is 0 Å². The second-order valence-electron chi connectivity index (χ2n) is 3.85. The fraction of sp³-hybridized carbons (Fsp3) is 0. The Balaban J connectivity index is 2.48. The first-order valence-corrected chi connectivity index (χ1v) is 5.38. The third kappa shape index (κ3) is 2.56. The van der Waals surface area contributed by atoms with Crippen molar-refractivity contribution in [1.82, 2.24) is 0 Å². The lowest BCUT2D eigenvalue weighted by Crippen LogP contribution is -1.94. The van der Waals surface area contributed by atoms with Crippen LogP contribution < -0.4 is 0 Å². The van der Waals surface area contributed by atoms with E-state index in [1.807, 2.05) is 30.3 Å². The predicted molar refractivity (Wildman–Crippen MR) is 70.5 cm³/mol. The average Bonchev–Trinajstić information content (AvgIpc) is 2.33.